The summed E-state index contributed by atoms with van der Waals surface area (Å²) in [7, 11) is 1.26. The molecule has 2 unspecified atom stereocenters. The summed E-state index contributed by atoms with van der Waals surface area (Å²) in [5.41, 5.74) is 9.12. The van der Waals surface area contributed by atoms with Crippen LogP contribution in [0.1, 0.15) is 25.5 Å². The third kappa shape index (κ3) is 3.60. The molecule has 3 N–H and O–H groups in total. The van der Waals surface area contributed by atoms with Crippen molar-refractivity contribution >= 4 is 44.7 Å². The number of rotatable bonds is 4. The number of benzene rings is 1. The maximum Gasteiger partial charge on any atom is 0.234 e. The normalized spacial score (nSPS) is 20.6. The molecule has 3 aromatic rings. The lowest BCUT2D eigenvalue weighted by Gasteiger charge is -2.35. The van der Waals surface area contributed by atoms with Crippen molar-refractivity contribution in [1.82, 2.24) is 15.0 Å². The second-order valence-electron chi connectivity index (χ2n) is 7.50. The van der Waals surface area contributed by atoms with Crippen molar-refractivity contribution in [3.05, 3.63) is 48.0 Å². The first-order valence-electron chi connectivity index (χ1n) is 9.36. The maximum absolute atomic E-state index is 14.7. The molecular formula is C21H23FN6OS. The van der Waals surface area contributed by atoms with E-state index in [1.165, 1.54) is 19.4 Å². The van der Waals surface area contributed by atoms with Crippen molar-refractivity contribution < 1.29 is 9.13 Å². The van der Waals surface area contributed by atoms with E-state index < -0.39 is 0 Å². The van der Waals surface area contributed by atoms with Crippen LogP contribution in [0.25, 0.3) is 11.2 Å². The summed E-state index contributed by atoms with van der Waals surface area (Å²) in [4.78, 5) is 17.5. The molecule has 30 heavy (non-hydrogen) atoms. The largest absolute Gasteiger partial charge is 0.480 e. The molecule has 0 amide bonds. The molecule has 0 saturated heterocycles. The van der Waals surface area contributed by atoms with Gasteiger partial charge >= 0.3 is 0 Å². The second kappa shape index (κ2) is 7.64. The topological polar surface area (TPSA) is 98.3 Å². The Labute approximate surface area is 176 Å². The second-order valence-corrected chi connectivity index (χ2v) is 9.84. The molecule has 2 atom stereocenters. The number of nitrogens with one attached hydrogen (secondary N) is 1. The number of aliphatic imine (C=N–C) groups is 1. The Morgan fingerprint density at radius 3 is 2.83 bits per heavy atom. The number of hydrogen-bond donors (Lipinski definition) is 2. The van der Waals surface area contributed by atoms with E-state index in [-0.39, 0.29) is 27.1 Å². The van der Waals surface area contributed by atoms with Crippen LogP contribution in [0.5, 0.6) is 5.88 Å². The van der Waals surface area contributed by atoms with Crippen LogP contribution in [0.15, 0.2) is 41.7 Å². The van der Waals surface area contributed by atoms with E-state index in [1.54, 1.807) is 24.4 Å². The number of halogens is 1. The summed E-state index contributed by atoms with van der Waals surface area (Å²) in [6, 6.07) is 6.29. The first kappa shape index (κ1) is 20.2. The fourth-order valence-electron chi connectivity index (χ4n) is 3.20. The SMILES string of the molecule is C=S1CC(c2cc(Nc3ccnc4nc(OC)cnc34)ccc2F)N=C(N)C1(C)C. The zero-order chi connectivity index (χ0) is 21.5. The predicted octanol–water partition coefficient (Wildman–Crippen LogP) is 3.81. The van der Waals surface area contributed by atoms with E-state index in [0.717, 1.165) is 0 Å². The summed E-state index contributed by atoms with van der Waals surface area (Å²) in [6.45, 7) is 4.05. The quantitative estimate of drug-likeness (QED) is 0.616. The lowest BCUT2D eigenvalue weighted by molar-refractivity contribution is 0.397. The molecule has 0 bridgehead atoms. The lowest BCUT2D eigenvalue weighted by Crippen LogP contribution is -2.41. The number of aromatic nitrogens is 3. The first-order valence-corrected chi connectivity index (χ1v) is 10.9. The Balaban J connectivity index is 1.69. The number of fused-ring (bicyclic) bond motifs is 1. The van der Waals surface area contributed by atoms with Gasteiger partial charge in [0, 0.05) is 23.2 Å². The summed E-state index contributed by atoms with van der Waals surface area (Å²) in [6.07, 6.45) is 3.16. The number of nitrogens with two attached hydrogens (primary N) is 1. The standard InChI is InChI=1S/C21H23FN6OS/c1-21(2)20(23)27-16(11-30(21)4)13-9-12(5-6-14(13)22)26-15-7-8-24-19-18(15)25-10-17(28-19)29-3/h5-10,16H,4,11H2,1-3H3,(H2,23,27)(H,24,26,28). The molecule has 1 aliphatic rings. The first-order chi connectivity index (χ1) is 14.3. The molecule has 156 valence electrons. The summed E-state index contributed by atoms with van der Waals surface area (Å²) < 4.78 is 19.5. The molecular weight excluding hydrogens is 403 g/mol. The van der Waals surface area contributed by atoms with Crippen LogP contribution in [0.3, 0.4) is 0 Å². The minimum atomic E-state index is -0.362. The van der Waals surface area contributed by atoms with Gasteiger partial charge in [-0.2, -0.15) is 15.5 Å². The maximum atomic E-state index is 14.7. The van der Waals surface area contributed by atoms with Crippen LogP contribution in [0.4, 0.5) is 15.8 Å². The smallest absolute Gasteiger partial charge is 0.234 e. The van der Waals surface area contributed by atoms with Gasteiger partial charge in [0.1, 0.15) is 17.2 Å². The molecule has 7 nitrogen and oxygen atoms in total. The van der Waals surface area contributed by atoms with Gasteiger partial charge in [-0.3, -0.25) is 4.99 Å². The van der Waals surface area contributed by atoms with Crippen LogP contribution in [-0.4, -0.2) is 44.3 Å². The molecule has 0 aliphatic carbocycles. The van der Waals surface area contributed by atoms with Gasteiger partial charge in [0.15, 0.2) is 5.65 Å². The molecule has 1 aromatic carbocycles. The average Bonchev–Trinajstić information content (AvgIpc) is 2.73. The Morgan fingerprint density at radius 1 is 1.30 bits per heavy atom. The minimum Gasteiger partial charge on any atom is -0.480 e. The molecule has 9 heteroatoms. The number of pyridine rings is 1. The summed E-state index contributed by atoms with van der Waals surface area (Å²) in [5, 5.41) is 3.29. The third-order valence-corrected chi connectivity index (χ3v) is 7.63. The van der Waals surface area contributed by atoms with Crippen molar-refractivity contribution in [2.75, 3.05) is 18.2 Å². The van der Waals surface area contributed by atoms with Gasteiger partial charge in [-0.25, -0.2) is 14.4 Å². The number of nitrogens with zero attached hydrogens (tertiary/aromatic N) is 4. The van der Waals surface area contributed by atoms with Gasteiger partial charge in [0.2, 0.25) is 5.88 Å². The van der Waals surface area contributed by atoms with Crippen LogP contribution in [0.2, 0.25) is 0 Å². The Kier molecular flexibility index (Phi) is 5.15. The predicted molar refractivity (Wildman–Crippen MR) is 122 cm³/mol. The van der Waals surface area contributed by atoms with Crippen molar-refractivity contribution in [2.45, 2.75) is 24.6 Å². The third-order valence-electron chi connectivity index (χ3n) is 5.26. The van der Waals surface area contributed by atoms with E-state index in [2.05, 4.69) is 31.1 Å². The van der Waals surface area contributed by atoms with Crippen molar-refractivity contribution in [2.24, 2.45) is 10.7 Å². The number of methoxy groups -OCH3 is 1. The minimum absolute atomic E-state index is 0.267. The van der Waals surface area contributed by atoms with E-state index in [9.17, 15) is 4.39 Å². The number of amidine groups is 1. The molecule has 4 rings (SSSR count). The average molecular weight is 427 g/mol. The highest BCUT2D eigenvalue weighted by Crippen LogP contribution is 2.41. The lowest BCUT2D eigenvalue weighted by atomic mass is 10.1. The van der Waals surface area contributed by atoms with E-state index in [1.807, 2.05) is 13.8 Å². The van der Waals surface area contributed by atoms with E-state index in [4.69, 9.17) is 10.5 Å². The molecule has 0 spiro atoms. The Bertz CT molecular complexity index is 1180. The van der Waals surface area contributed by atoms with Gasteiger partial charge in [-0.15, -0.1) is 0 Å². The molecule has 0 saturated carbocycles. The van der Waals surface area contributed by atoms with E-state index >= 15 is 0 Å². The zero-order valence-electron chi connectivity index (χ0n) is 17.0. The number of ether oxygens (including phenoxy) is 1. The summed E-state index contributed by atoms with van der Waals surface area (Å²) in [5.74, 6) is 5.47. The van der Waals surface area contributed by atoms with Crippen LogP contribution < -0.4 is 15.8 Å². The van der Waals surface area contributed by atoms with Crippen LogP contribution in [0, 0.1) is 5.82 Å². The molecule has 0 radical (unpaired) electrons. The Morgan fingerprint density at radius 2 is 2.10 bits per heavy atom. The van der Waals surface area contributed by atoms with E-state index in [0.29, 0.717) is 45.6 Å². The zero-order valence-corrected chi connectivity index (χ0v) is 17.8. The molecule has 0 fully saturated rings. The monoisotopic (exact) mass is 426 g/mol. The molecule has 2 aromatic heterocycles. The van der Waals surface area contributed by atoms with Crippen molar-refractivity contribution in [3.63, 3.8) is 0 Å². The molecule has 3 heterocycles. The van der Waals surface area contributed by atoms with Crippen molar-refractivity contribution in [3.8, 4) is 5.88 Å². The Hall–Kier alpha value is -3.07. The fraction of sp³-hybridized carbons (Fsp3) is 0.286. The van der Waals surface area contributed by atoms with Gasteiger partial charge < -0.3 is 15.8 Å². The van der Waals surface area contributed by atoms with Gasteiger partial charge in [0.25, 0.3) is 0 Å². The van der Waals surface area contributed by atoms with Gasteiger partial charge in [-0.1, -0.05) is 5.87 Å². The van der Waals surface area contributed by atoms with Gasteiger partial charge in [-0.05, 0) is 38.1 Å². The highest BCUT2D eigenvalue weighted by molar-refractivity contribution is 8.16. The van der Waals surface area contributed by atoms with Crippen molar-refractivity contribution in [1.29, 1.82) is 0 Å². The van der Waals surface area contributed by atoms with Gasteiger partial charge in [0.05, 0.1) is 29.8 Å². The summed E-state index contributed by atoms with van der Waals surface area (Å²) >= 11 is 0. The number of anilines is 2. The van der Waals surface area contributed by atoms with Crippen LogP contribution in [-0.2, 0) is 0 Å². The van der Waals surface area contributed by atoms with Crippen LogP contribution >= 0.6 is 10.5 Å². The number of hydrogen-bond acceptors (Lipinski definition) is 7. The highest BCUT2D eigenvalue weighted by atomic mass is 32.2. The molecule has 1 aliphatic heterocycles. The fourth-order valence-corrected chi connectivity index (χ4v) is 4.60. The highest BCUT2D eigenvalue weighted by Gasteiger charge is 2.33.